The molecule has 1 amide bonds. The van der Waals surface area contributed by atoms with Gasteiger partial charge in [-0.15, -0.1) is 0 Å². The molecule has 0 saturated heterocycles. The Labute approximate surface area is 123 Å². The quantitative estimate of drug-likeness (QED) is 0.888. The van der Waals surface area contributed by atoms with Gasteiger partial charge >= 0.3 is 0 Å². The standard InChI is InChI=1S/C15H19FN4O/c1-3-6-12(17)15(21)19-13-9-18-20(10(13)2)14-8-5-4-7-11(14)16/h4-5,7-9,12H,3,6,17H2,1-2H3,(H,19,21). The van der Waals surface area contributed by atoms with Gasteiger partial charge in [-0.1, -0.05) is 25.5 Å². The van der Waals surface area contributed by atoms with Gasteiger partial charge in [0.05, 0.1) is 23.6 Å². The van der Waals surface area contributed by atoms with Gasteiger partial charge in [-0.2, -0.15) is 5.10 Å². The van der Waals surface area contributed by atoms with Crippen LogP contribution in [0.5, 0.6) is 0 Å². The first kappa shape index (κ1) is 15.2. The number of rotatable bonds is 5. The fraction of sp³-hybridized carbons (Fsp3) is 0.333. The van der Waals surface area contributed by atoms with E-state index >= 15 is 0 Å². The highest BCUT2D eigenvalue weighted by Crippen LogP contribution is 2.20. The molecule has 2 rings (SSSR count). The Hall–Kier alpha value is -2.21. The van der Waals surface area contributed by atoms with Crippen LogP contribution in [0.3, 0.4) is 0 Å². The largest absolute Gasteiger partial charge is 0.322 e. The molecule has 0 aliphatic rings. The number of nitrogens with one attached hydrogen (secondary N) is 1. The number of hydrogen-bond acceptors (Lipinski definition) is 3. The van der Waals surface area contributed by atoms with E-state index in [1.807, 2.05) is 6.92 Å². The van der Waals surface area contributed by atoms with Crippen LogP contribution in [0.2, 0.25) is 0 Å². The summed E-state index contributed by atoms with van der Waals surface area (Å²) < 4.78 is 15.2. The molecule has 6 heteroatoms. The summed E-state index contributed by atoms with van der Waals surface area (Å²) in [5, 5.41) is 6.86. The van der Waals surface area contributed by atoms with Gasteiger partial charge in [-0.3, -0.25) is 4.79 Å². The van der Waals surface area contributed by atoms with Crippen LogP contribution < -0.4 is 11.1 Å². The Morgan fingerprint density at radius 1 is 1.48 bits per heavy atom. The predicted molar refractivity (Wildman–Crippen MR) is 79.8 cm³/mol. The van der Waals surface area contributed by atoms with E-state index in [9.17, 15) is 9.18 Å². The third-order valence-electron chi connectivity index (χ3n) is 3.28. The Bertz CT molecular complexity index is 638. The van der Waals surface area contributed by atoms with Crippen molar-refractivity contribution in [2.45, 2.75) is 32.7 Å². The normalized spacial score (nSPS) is 12.2. The smallest absolute Gasteiger partial charge is 0.241 e. The van der Waals surface area contributed by atoms with E-state index in [2.05, 4.69) is 10.4 Å². The molecule has 0 aliphatic heterocycles. The number of halogens is 1. The van der Waals surface area contributed by atoms with Gasteiger partial charge in [0.25, 0.3) is 0 Å². The lowest BCUT2D eigenvalue weighted by atomic mass is 10.1. The van der Waals surface area contributed by atoms with Crippen molar-refractivity contribution in [1.82, 2.24) is 9.78 Å². The maximum Gasteiger partial charge on any atom is 0.241 e. The molecule has 3 N–H and O–H groups in total. The third kappa shape index (κ3) is 3.28. The molecule has 1 unspecified atom stereocenters. The number of aromatic nitrogens is 2. The minimum absolute atomic E-state index is 0.256. The van der Waals surface area contributed by atoms with E-state index in [0.29, 0.717) is 23.5 Å². The van der Waals surface area contributed by atoms with Crippen LogP contribution >= 0.6 is 0 Å². The first-order chi connectivity index (χ1) is 10.0. The van der Waals surface area contributed by atoms with E-state index in [0.717, 1.165) is 6.42 Å². The third-order valence-corrected chi connectivity index (χ3v) is 3.28. The van der Waals surface area contributed by atoms with E-state index in [1.165, 1.54) is 16.9 Å². The van der Waals surface area contributed by atoms with Gasteiger partial charge in [0.1, 0.15) is 11.5 Å². The lowest BCUT2D eigenvalue weighted by Crippen LogP contribution is -2.35. The van der Waals surface area contributed by atoms with E-state index in [-0.39, 0.29) is 11.7 Å². The van der Waals surface area contributed by atoms with Crippen molar-refractivity contribution in [2.75, 3.05) is 5.32 Å². The summed E-state index contributed by atoms with van der Waals surface area (Å²) >= 11 is 0. The summed E-state index contributed by atoms with van der Waals surface area (Å²) in [5.41, 5.74) is 7.30. The summed E-state index contributed by atoms with van der Waals surface area (Å²) in [7, 11) is 0. The molecule has 1 aromatic carbocycles. The molecule has 0 radical (unpaired) electrons. The molecular weight excluding hydrogens is 271 g/mol. The maximum atomic E-state index is 13.8. The lowest BCUT2D eigenvalue weighted by Gasteiger charge is -2.11. The number of para-hydroxylation sites is 1. The summed E-state index contributed by atoms with van der Waals surface area (Å²) in [5.74, 6) is -0.628. The Balaban J connectivity index is 2.22. The van der Waals surface area contributed by atoms with Crippen molar-refractivity contribution in [1.29, 1.82) is 0 Å². The van der Waals surface area contributed by atoms with Crippen LogP contribution in [0.25, 0.3) is 5.69 Å². The van der Waals surface area contributed by atoms with Crippen molar-refractivity contribution in [3.63, 3.8) is 0 Å². The highest BCUT2D eigenvalue weighted by atomic mass is 19.1. The summed E-state index contributed by atoms with van der Waals surface area (Å²) in [6.45, 7) is 3.73. The van der Waals surface area contributed by atoms with Gasteiger partial charge in [0.15, 0.2) is 0 Å². The predicted octanol–water partition coefficient (Wildman–Crippen LogP) is 2.39. The number of hydrogen-bond donors (Lipinski definition) is 2. The average Bonchev–Trinajstić information content (AvgIpc) is 2.81. The summed E-state index contributed by atoms with van der Waals surface area (Å²) in [4.78, 5) is 11.9. The fourth-order valence-corrected chi connectivity index (χ4v) is 2.07. The van der Waals surface area contributed by atoms with E-state index in [4.69, 9.17) is 5.73 Å². The molecule has 2 aromatic rings. The van der Waals surface area contributed by atoms with Crippen molar-refractivity contribution in [2.24, 2.45) is 5.73 Å². The van der Waals surface area contributed by atoms with Crippen LogP contribution in [-0.4, -0.2) is 21.7 Å². The lowest BCUT2D eigenvalue weighted by molar-refractivity contribution is -0.117. The molecule has 0 bridgehead atoms. The first-order valence-corrected chi connectivity index (χ1v) is 6.90. The molecular formula is C15H19FN4O. The van der Waals surface area contributed by atoms with Gasteiger partial charge in [-0.05, 0) is 25.5 Å². The highest BCUT2D eigenvalue weighted by molar-refractivity contribution is 5.95. The Kier molecular flexibility index (Phi) is 4.70. The zero-order chi connectivity index (χ0) is 15.4. The fourth-order valence-electron chi connectivity index (χ4n) is 2.07. The molecule has 1 aromatic heterocycles. The number of anilines is 1. The second-order valence-corrected chi connectivity index (χ2v) is 4.89. The number of benzene rings is 1. The monoisotopic (exact) mass is 290 g/mol. The average molecular weight is 290 g/mol. The van der Waals surface area contributed by atoms with Crippen LogP contribution in [0.4, 0.5) is 10.1 Å². The van der Waals surface area contributed by atoms with Crippen LogP contribution in [0, 0.1) is 12.7 Å². The van der Waals surface area contributed by atoms with Crippen molar-refractivity contribution < 1.29 is 9.18 Å². The van der Waals surface area contributed by atoms with Crippen molar-refractivity contribution in [3.05, 3.63) is 42.0 Å². The topological polar surface area (TPSA) is 72.9 Å². The molecule has 0 saturated carbocycles. The number of nitrogens with zero attached hydrogens (tertiary/aromatic N) is 2. The second-order valence-electron chi connectivity index (χ2n) is 4.89. The second kappa shape index (κ2) is 6.49. The Morgan fingerprint density at radius 2 is 2.19 bits per heavy atom. The number of carbonyl (C=O) groups excluding carboxylic acids is 1. The Morgan fingerprint density at radius 3 is 2.86 bits per heavy atom. The van der Waals surface area contributed by atoms with E-state index in [1.54, 1.807) is 25.1 Å². The minimum atomic E-state index is -0.550. The van der Waals surface area contributed by atoms with Gasteiger partial charge in [0.2, 0.25) is 5.91 Å². The zero-order valence-corrected chi connectivity index (χ0v) is 12.1. The van der Waals surface area contributed by atoms with Crippen molar-refractivity contribution in [3.8, 4) is 5.69 Å². The minimum Gasteiger partial charge on any atom is -0.322 e. The SMILES string of the molecule is CCCC(N)C(=O)Nc1cnn(-c2ccccc2F)c1C. The molecule has 1 atom stereocenters. The van der Waals surface area contributed by atoms with Crippen molar-refractivity contribution >= 4 is 11.6 Å². The molecule has 0 spiro atoms. The van der Waals surface area contributed by atoms with Gasteiger partial charge < -0.3 is 11.1 Å². The number of amides is 1. The molecule has 1 heterocycles. The maximum absolute atomic E-state index is 13.8. The van der Waals surface area contributed by atoms with E-state index < -0.39 is 6.04 Å². The van der Waals surface area contributed by atoms with Crippen LogP contribution in [0.1, 0.15) is 25.5 Å². The summed E-state index contributed by atoms with van der Waals surface area (Å²) in [6.07, 6.45) is 2.95. The molecule has 0 fully saturated rings. The van der Waals surface area contributed by atoms with Crippen LogP contribution in [0.15, 0.2) is 30.5 Å². The molecule has 112 valence electrons. The molecule has 21 heavy (non-hydrogen) atoms. The van der Waals surface area contributed by atoms with Gasteiger partial charge in [-0.25, -0.2) is 9.07 Å². The molecule has 0 aliphatic carbocycles. The van der Waals surface area contributed by atoms with Gasteiger partial charge in [0, 0.05) is 0 Å². The molecule has 5 nitrogen and oxygen atoms in total. The van der Waals surface area contributed by atoms with Crippen LogP contribution in [-0.2, 0) is 4.79 Å². The zero-order valence-electron chi connectivity index (χ0n) is 12.1. The number of nitrogens with two attached hydrogens (primary N) is 1. The number of carbonyl (C=O) groups is 1. The summed E-state index contributed by atoms with van der Waals surface area (Å²) in [6, 6.07) is 5.79. The highest BCUT2D eigenvalue weighted by Gasteiger charge is 2.16. The first-order valence-electron chi connectivity index (χ1n) is 6.90.